The van der Waals surface area contributed by atoms with Crippen molar-refractivity contribution in [3.8, 4) is 5.75 Å². The van der Waals surface area contributed by atoms with E-state index in [1.54, 1.807) is 0 Å². The molecular weight excluding hydrogens is 438 g/mol. The van der Waals surface area contributed by atoms with Gasteiger partial charge in [0.1, 0.15) is 12.4 Å². The van der Waals surface area contributed by atoms with E-state index in [9.17, 15) is 4.79 Å². The maximum Gasteiger partial charge on any atom is 0.251 e. The van der Waals surface area contributed by atoms with Crippen LogP contribution in [0.4, 0.5) is 0 Å². The van der Waals surface area contributed by atoms with Crippen LogP contribution in [-0.2, 0) is 12.0 Å². The second-order valence-electron chi connectivity index (χ2n) is 8.51. The van der Waals surface area contributed by atoms with E-state index in [0.717, 1.165) is 21.3 Å². The van der Waals surface area contributed by atoms with Crippen LogP contribution in [0.1, 0.15) is 60.8 Å². The summed E-state index contributed by atoms with van der Waals surface area (Å²) < 4.78 is 6.80. The monoisotopic (exact) mass is 465 g/mol. The zero-order valence-corrected chi connectivity index (χ0v) is 19.5. The van der Waals surface area contributed by atoms with Gasteiger partial charge in [-0.3, -0.25) is 4.79 Å². The van der Waals surface area contributed by atoms with Gasteiger partial charge in [-0.2, -0.15) is 0 Å². The van der Waals surface area contributed by atoms with Crippen molar-refractivity contribution < 1.29 is 9.53 Å². The van der Waals surface area contributed by atoms with Crippen LogP contribution in [0.5, 0.6) is 5.75 Å². The van der Waals surface area contributed by atoms with Crippen LogP contribution in [0.3, 0.4) is 0 Å². The number of carbonyl (C=O) groups excluding carboxylic acids is 1. The van der Waals surface area contributed by atoms with Crippen molar-refractivity contribution in [2.24, 2.45) is 0 Å². The van der Waals surface area contributed by atoms with Crippen LogP contribution in [-0.4, -0.2) is 5.91 Å². The molecule has 3 aromatic rings. The lowest BCUT2D eigenvalue weighted by molar-refractivity contribution is 0.0940. The molecule has 0 aliphatic rings. The van der Waals surface area contributed by atoms with E-state index in [1.807, 2.05) is 55.5 Å². The van der Waals surface area contributed by atoms with E-state index in [2.05, 4.69) is 66.3 Å². The van der Waals surface area contributed by atoms with Crippen molar-refractivity contribution in [3.63, 3.8) is 0 Å². The molecule has 0 bridgehead atoms. The average molecular weight is 466 g/mol. The van der Waals surface area contributed by atoms with Crippen LogP contribution in [0.15, 0.2) is 77.3 Å². The third-order valence-electron chi connectivity index (χ3n) is 5.06. The summed E-state index contributed by atoms with van der Waals surface area (Å²) in [6.07, 6.45) is 0. The van der Waals surface area contributed by atoms with Crippen LogP contribution in [0.25, 0.3) is 0 Å². The first-order valence-corrected chi connectivity index (χ1v) is 10.9. The van der Waals surface area contributed by atoms with Crippen LogP contribution < -0.4 is 10.1 Å². The summed E-state index contributed by atoms with van der Waals surface area (Å²) in [4.78, 5) is 12.6. The molecule has 4 heteroatoms. The summed E-state index contributed by atoms with van der Waals surface area (Å²) in [6, 6.07) is 23.7. The van der Waals surface area contributed by atoms with Crippen molar-refractivity contribution in [1.82, 2.24) is 5.32 Å². The molecule has 0 fully saturated rings. The van der Waals surface area contributed by atoms with Crippen LogP contribution in [0.2, 0.25) is 0 Å². The molecule has 1 unspecified atom stereocenters. The first kappa shape index (κ1) is 22.1. The summed E-state index contributed by atoms with van der Waals surface area (Å²) in [6.45, 7) is 9.05. The molecule has 1 atom stereocenters. The van der Waals surface area contributed by atoms with Gasteiger partial charge in [0, 0.05) is 10.0 Å². The summed E-state index contributed by atoms with van der Waals surface area (Å²) in [5.74, 6) is 0.731. The fourth-order valence-corrected chi connectivity index (χ4v) is 3.35. The smallest absolute Gasteiger partial charge is 0.251 e. The lowest BCUT2D eigenvalue weighted by atomic mass is 9.86. The third-order valence-corrected chi connectivity index (χ3v) is 5.59. The minimum absolute atomic E-state index is 0.0630. The van der Waals surface area contributed by atoms with Crippen molar-refractivity contribution >= 4 is 21.8 Å². The first-order chi connectivity index (χ1) is 14.2. The highest BCUT2D eigenvalue weighted by molar-refractivity contribution is 9.10. The molecule has 0 aliphatic heterocycles. The maximum atomic E-state index is 12.6. The minimum atomic E-state index is -0.0808. The largest absolute Gasteiger partial charge is 0.489 e. The van der Waals surface area contributed by atoms with Gasteiger partial charge in [-0.05, 0) is 65.4 Å². The molecule has 0 saturated carbocycles. The van der Waals surface area contributed by atoms with Gasteiger partial charge in [-0.25, -0.2) is 0 Å². The minimum Gasteiger partial charge on any atom is -0.489 e. The lowest BCUT2D eigenvalue weighted by Gasteiger charge is -2.20. The number of halogens is 1. The Morgan fingerprint density at radius 3 is 2.10 bits per heavy atom. The zero-order valence-electron chi connectivity index (χ0n) is 17.9. The normalized spacial score (nSPS) is 12.3. The molecule has 0 saturated heterocycles. The predicted octanol–water partition coefficient (Wildman–Crippen LogP) is 6.82. The van der Waals surface area contributed by atoms with Gasteiger partial charge in [0.15, 0.2) is 0 Å². The molecule has 3 aromatic carbocycles. The second-order valence-corrected chi connectivity index (χ2v) is 9.42. The molecule has 30 heavy (non-hydrogen) atoms. The number of rotatable bonds is 6. The van der Waals surface area contributed by atoms with Gasteiger partial charge >= 0.3 is 0 Å². The quantitative estimate of drug-likeness (QED) is 0.433. The Bertz CT molecular complexity index is 972. The van der Waals surface area contributed by atoms with Crippen LogP contribution >= 0.6 is 15.9 Å². The molecule has 156 valence electrons. The third kappa shape index (κ3) is 5.96. The van der Waals surface area contributed by atoms with E-state index in [-0.39, 0.29) is 17.4 Å². The summed E-state index contributed by atoms with van der Waals surface area (Å²) >= 11 is 3.41. The second kappa shape index (κ2) is 9.48. The van der Waals surface area contributed by atoms with Gasteiger partial charge in [0.25, 0.3) is 5.91 Å². The molecule has 0 heterocycles. The Balaban J connectivity index is 1.56. The Kier molecular flexibility index (Phi) is 6.99. The predicted molar refractivity (Wildman–Crippen MR) is 126 cm³/mol. The molecule has 0 radical (unpaired) electrons. The molecule has 1 N–H and O–H groups in total. The Morgan fingerprint density at radius 1 is 0.933 bits per heavy atom. The average Bonchev–Trinajstić information content (AvgIpc) is 2.73. The van der Waals surface area contributed by atoms with Crippen molar-refractivity contribution in [3.05, 3.63) is 99.5 Å². The number of nitrogens with one attached hydrogen (secondary N) is 1. The Hall–Kier alpha value is -2.59. The first-order valence-electron chi connectivity index (χ1n) is 10.1. The molecule has 0 spiro atoms. The zero-order chi connectivity index (χ0) is 21.7. The van der Waals surface area contributed by atoms with Gasteiger partial charge in [-0.1, -0.05) is 73.1 Å². The van der Waals surface area contributed by atoms with Gasteiger partial charge in [0.2, 0.25) is 0 Å². The van der Waals surface area contributed by atoms with Crippen molar-refractivity contribution in [2.45, 2.75) is 45.8 Å². The van der Waals surface area contributed by atoms with Crippen LogP contribution in [0, 0.1) is 0 Å². The number of amides is 1. The highest BCUT2D eigenvalue weighted by Crippen LogP contribution is 2.24. The van der Waals surface area contributed by atoms with E-state index in [0.29, 0.717) is 12.2 Å². The van der Waals surface area contributed by atoms with Gasteiger partial charge < -0.3 is 10.1 Å². The highest BCUT2D eigenvalue weighted by Gasteiger charge is 2.15. The van der Waals surface area contributed by atoms with E-state index in [1.165, 1.54) is 5.56 Å². The summed E-state index contributed by atoms with van der Waals surface area (Å²) in [5.41, 5.74) is 4.15. The molecular formula is C26H28BrNO2. The van der Waals surface area contributed by atoms with Gasteiger partial charge in [-0.15, -0.1) is 0 Å². The number of ether oxygens (including phenoxy) is 1. The van der Waals surface area contributed by atoms with E-state index < -0.39 is 0 Å². The Labute approximate surface area is 187 Å². The summed E-state index contributed by atoms with van der Waals surface area (Å²) in [7, 11) is 0. The lowest BCUT2D eigenvalue weighted by Crippen LogP contribution is -2.26. The van der Waals surface area contributed by atoms with Crippen molar-refractivity contribution in [2.75, 3.05) is 0 Å². The highest BCUT2D eigenvalue weighted by atomic mass is 79.9. The SMILES string of the molecule is CC(NC(=O)c1ccc(COc2ccc(Br)cc2)cc1)c1ccc(C(C)(C)C)cc1. The molecule has 1 amide bonds. The maximum absolute atomic E-state index is 12.6. The number of hydrogen-bond acceptors (Lipinski definition) is 2. The topological polar surface area (TPSA) is 38.3 Å². The molecule has 0 aromatic heterocycles. The Morgan fingerprint density at radius 2 is 1.53 bits per heavy atom. The molecule has 0 aliphatic carbocycles. The van der Waals surface area contributed by atoms with Crippen molar-refractivity contribution in [1.29, 1.82) is 0 Å². The standard InChI is InChI=1S/C26H28BrNO2/c1-18(20-9-11-22(12-10-20)26(2,3)4)28-25(29)21-7-5-19(6-8-21)17-30-24-15-13-23(27)14-16-24/h5-16,18H,17H2,1-4H3,(H,28,29). The number of carbonyl (C=O) groups is 1. The summed E-state index contributed by atoms with van der Waals surface area (Å²) in [5, 5.41) is 3.08. The fourth-order valence-electron chi connectivity index (χ4n) is 3.08. The fraction of sp³-hybridized carbons (Fsp3) is 0.269. The number of benzene rings is 3. The molecule has 3 nitrogen and oxygen atoms in total. The number of hydrogen-bond donors (Lipinski definition) is 1. The van der Waals surface area contributed by atoms with E-state index >= 15 is 0 Å². The van der Waals surface area contributed by atoms with Gasteiger partial charge in [0.05, 0.1) is 6.04 Å². The molecule has 3 rings (SSSR count). The van der Waals surface area contributed by atoms with E-state index in [4.69, 9.17) is 4.74 Å².